The molecule has 0 aromatic rings. The first kappa shape index (κ1) is 57.9. The molecule has 6 heteroatoms. The second-order valence-electron chi connectivity index (χ2n) is 17.8. The smallest absolute Gasteiger partial charge is 0.306 e. The highest BCUT2D eigenvalue weighted by Crippen LogP contribution is 2.15. The summed E-state index contributed by atoms with van der Waals surface area (Å²) >= 11 is 0. The van der Waals surface area contributed by atoms with Crippen LogP contribution in [0.5, 0.6) is 0 Å². The van der Waals surface area contributed by atoms with E-state index >= 15 is 0 Å². The first-order valence-corrected chi connectivity index (χ1v) is 26.3. The third-order valence-corrected chi connectivity index (χ3v) is 11.7. The number of hydrogen-bond donors (Lipinski definition) is 0. The summed E-state index contributed by atoms with van der Waals surface area (Å²) < 4.78 is 16.8. The van der Waals surface area contributed by atoms with Crippen molar-refractivity contribution in [2.75, 3.05) is 13.2 Å². The van der Waals surface area contributed by atoms with Crippen LogP contribution in [0.2, 0.25) is 0 Å². The highest BCUT2D eigenvalue weighted by Gasteiger charge is 2.19. The van der Waals surface area contributed by atoms with Gasteiger partial charge in [-0.2, -0.15) is 0 Å². The van der Waals surface area contributed by atoms with Gasteiger partial charge in [0.1, 0.15) is 13.2 Å². The molecule has 0 bridgehead atoms. The van der Waals surface area contributed by atoms with E-state index in [0.717, 1.165) is 64.2 Å². The van der Waals surface area contributed by atoms with Crippen LogP contribution in [0.25, 0.3) is 0 Å². The predicted octanol–water partition coefficient (Wildman–Crippen LogP) is 17.2. The average molecular weight is 845 g/mol. The summed E-state index contributed by atoms with van der Waals surface area (Å²) in [6, 6.07) is 0. The van der Waals surface area contributed by atoms with Gasteiger partial charge in [-0.1, -0.05) is 218 Å². The van der Waals surface area contributed by atoms with Crippen molar-refractivity contribution in [1.82, 2.24) is 0 Å². The molecule has 0 aliphatic rings. The van der Waals surface area contributed by atoms with Crippen LogP contribution in [0.15, 0.2) is 24.3 Å². The maximum Gasteiger partial charge on any atom is 0.306 e. The van der Waals surface area contributed by atoms with Gasteiger partial charge >= 0.3 is 17.9 Å². The Bertz CT molecular complexity index is 973. The molecule has 1 unspecified atom stereocenters. The lowest BCUT2D eigenvalue weighted by Gasteiger charge is -2.18. The lowest BCUT2D eigenvalue weighted by Crippen LogP contribution is -2.30. The van der Waals surface area contributed by atoms with Crippen molar-refractivity contribution in [3.8, 4) is 0 Å². The Morgan fingerprint density at radius 3 is 0.867 bits per heavy atom. The number of carbonyl (C=O) groups is 3. The number of ether oxygens (including phenoxy) is 3. The molecule has 0 heterocycles. The van der Waals surface area contributed by atoms with Gasteiger partial charge in [-0.15, -0.1) is 0 Å². The zero-order valence-corrected chi connectivity index (χ0v) is 40.2. The monoisotopic (exact) mass is 845 g/mol. The van der Waals surface area contributed by atoms with Crippen LogP contribution in [-0.2, 0) is 28.6 Å². The third-order valence-electron chi connectivity index (χ3n) is 11.7. The van der Waals surface area contributed by atoms with E-state index < -0.39 is 6.10 Å². The van der Waals surface area contributed by atoms with Gasteiger partial charge in [0.2, 0.25) is 0 Å². The van der Waals surface area contributed by atoms with Crippen LogP contribution in [0.1, 0.15) is 284 Å². The van der Waals surface area contributed by atoms with Crippen LogP contribution < -0.4 is 0 Å². The first-order valence-electron chi connectivity index (χ1n) is 26.3. The van der Waals surface area contributed by atoms with Gasteiger partial charge in [-0.05, 0) is 70.6 Å². The average Bonchev–Trinajstić information content (AvgIpc) is 3.24. The van der Waals surface area contributed by atoms with E-state index in [4.69, 9.17) is 14.2 Å². The van der Waals surface area contributed by atoms with E-state index in [9.17, 15) is 14.4 Å². The molecule has 0 fully saturated rings. The van der Waals surface area contributed by atoms with Gasteiger partial charge in [0.15, 0.2) is 6.10 Å². The molecule has 0 N–H and O–H groups in total. The first-order chi connectivity index (χ1) is 29.5. The Hall–Kier alpha value is -2.11. The molecule has 0 amide bonds. The second-order valence-corrected chi connectivity index (χ2v) is 17.8. The summed E-state index contributed by atoms with van der Waals surface area (Å²) in [4.78, 5) is 37.9. The molecular weight excluding hydrogens is 745 g/mol. The number of rotatable bonds is 48. The molecule has 0 aromatic carbocycles. The SMILES string of the molecule is CCCCC/C=C\CCCCCCCC(=O)OC(COC(=O)CCCCCCCCC/C=C\CCCCCCCCC)COC(=O)CCCCCCCCCCCCCC. The topological polar surface area (TPSA) is 78.9 Å². The van der Waals surface area contributed by atoms with Gasteiger partial charge < -0.3 is 14.2 Å². The largest absolute Gasteiger partial charge is 0.462 e. The Balaban J connectivity index is 4.31. The molecule has 0 rings (SSSR count). The maximum atomic E-state index is 12.8. The fraction of sp³-hybridized carbons (Fsp3) is 0.870. The molecule has 1 atom stereocenters. The lowest BCUT2D eigenvalue weighted by atomic mass is 10.0. The lowest BCUT2D eigenvalue weighted by molar-refractivity contribution is -0.167. The molecule has 0 aliphatic heterocycles. The van der Waals surface area contributed by atoms with E-state index in [2.05, 4.69) is 45.1 Å². The molecule has 352 valence electrons. The van der Waals surface area contributed by atoms with Gasteiger partial charge in [0.25, 0.3) is 0 Å². The van der Waals surface area contributed by atoms with Crippen molar-refractivity contribution in [3.63, 3.8) is 0 Å². The van der Waals surface area contributed by atoms with Crippen molar-refractivity contribution < 1.29 is 28.6 Å². The zero-order chi connectivity index (χ0) is 43.7. The molecule has 6 nitrogen and oxygen atoms in total. The number of carbonyl (C=O) groups excluding carboxylic acids is 3. The fourth-order valence-electron chi connectivity index (χ4n) is 7.67. The number of unbranched alkanes of at least 4 members (excludes halogenated alkanes) is 33. The van der Waals surface area contributed by atoms with Crippen LogP contribution in [0.3, 0.4) is 0 Å². The van der Waals surface area contributed by atoms with Gasteiger partial charge in [-0.25, -0.2) is 0 Å². The molecule has 0 saturated carbocycles. The number of allylic oxidation sites excluding steroid dienone is 4. The van der Waals surface area contributed by atoms with Gasteiger partial charge in [-0.3, -0.25) is 14.4 Å². The van der Waals surface area contributed by atoms with E-state index in [1.807, 2.05) is 0 Å². The highest BCUT2D eigenvalue weighted by atomic mass is 16.6. The number of esters is 3. The van der Waals surface area contributed by atoms with Crippen LogP contribution in [0, 0.1) is 0 Å². The van der Waals surface area contributed by atoms with Crippen molar-refractivity contribution >= 4 is 17.9 Å². The van der Waals surface area contributed by atoms with Crippen molar-refractivity contribution in [1.29, 1.82) is 0 Å². The summed E-state index contributed by atoms with van der Waals surface area (Å²) in [7, 11) is 0. The molecule has 0 aromatic heterocycles. The Morgan fingerprint density at radius 2 is 0.550 bits per heavy atom. The molecule has 0 aliphatic carbocycles. The van der Waals surface area contributed by atoms with Crippen LogP contribution >= 0.6 is 0 Å². The molecule has 0 spiro atoms. The highest BCUT2D eigenvalue weighted by molar-refractivity contribution is 5.71. The molecule has 60 heavy (non-hydrogen) atoms. The van der Waals surface area contributed by atoms with Gasteiger partial charge in [0.05, 0.1) is 0 Å². The summed E-state index contributed by atoms with van der Waals surface area (Å²) in [5.74, 6) is -0.874. The standard InChI is InChI=1S/C54H100O6/c1-4-7-10-13-16-19-22-25-26-27-28-29-30-33-35-38-41-44-47-53(56)59-50-51(60-54(57)48-45-42-39-36-32-24-21-18-15-12-9-6-3)49-58-52(55)46-43-40-37-34-31-23-20-17-14-11-8-5-2/h18,21,26-27,51H,4-17,19-20,22-25,28-50H2,1-3H3/b21-18-,27-26-. The van der Waals surface area contributed by atoms with Crippen molar-refractivity contribution in [2.45, 2.75) is 290 Å². The molecule has 0 saturated heterocycles. The van der Waals surface area contributed by atoms with Gasteiger partial charge in [0, 0.05) is 19.3 Å². The van der Waals surface area contributed by atoms with Crippen LogP contribution in [-0.4, -0.2) is 37.2 Å². The van der Waals surface area contributed by atoms with Crippen molar-refractivity contribution in [2.24, 2.45) is 0 Å². The van der Waals surface area contributed by atoms with Crippen LogP contribution in [0.4, 0.5) is 0 Å². The maximum absolute atomic E-state index is 12.8. The van der Waals surface area contributed by atoms with E-state index in [1.54, 1.807) is 0 Å². The van der Waals surface area contributed by atoms with E-state index in [-0.39, 0.29) is 31.1 Å². The summed E-state index contributed by atoms with van der Waals surface area (Å²) in [5, 5.41) is 0. The fourth-order valence-corrected chi connectivity index (χ4v) is 7.67. The Labute approximate surface area is 373 Å². The molecule has 0 radical (unpaired) electrons. The third kappa shape index (κ3) is 46.9. The second kappa shape index (κ2) is 49.5. The van der Waals surface area contributed by atoms with E-state index in [0.29, 0.717) is 19.3 Å². The summed E-state index contributed by atoms with van der Waals surface area (Å²) in [5.41, 5.74) is 0. The predicted molar refractivity (Wildman–Crippen MR) is 256 cm³/mol. The normalized spacial score (nSPS) is 12.1. The zero-order valence-electron chi connectivity index (χ0n) is 40.2. The Kier molecular flexibility index (Phi) is 47.8. The minimum absolute atomic E-state index is 0.0724. The van der Waals surface area contributed by atoms with E-state index in [1.165, 1.54) is 180 Å². The Morgan fingerprint density at radius 1 is 0.317 bits per heavy atom. The molecular formula is C54H100O6. The van der Waals surface area contributed by atoms with Crippen molar-refractivity contribution in [3.05, 3.63) is 24.3 Å². The quantitative estimate of drug-likeness (QED) is 0.0263. The summed E-state index contributed by atoms with van der Waals surface area (Å²) in [6.07, 6.45) is 55.9. The minimum atomic E-state index is -0.772. The summed E-state index contributed by atoms with van der Waals surface area (Å²) in [6.45, 7) is 6.62. The number of hydrogen-bond acceptors (Lipinski definition) is 6. The minimum Gasteiger partial charge on any atom is -0.462 e.